The van der Waals surface area contributed by atoms with E-state index >= 15 is 0 Å². The van der Waals surface area contributed by atoms with E-state index in [1.54, 1.807) is 6.07 Å². The summed E-state index contributed by atoms with van der Waals surface area (Å²) in [5.41, 5.74) is -0.0670. The summed E-state index contributed by atoms with van der Waals surface area (Å²) in [6.45, 7) is 3.96. The van der Waals surface area contributed by atoms with Crippen LogP contribution in [0.5, 0.6) is 5.75 Å². The van der Waals surface area contributed by atoms with Gasteiger partial charge < -0.3 is 14.4 Å². The highest BCUT2D eigenvalue weighted by molar-refractivity contribution is 6.32. The lowest BCUT2D eigenvalue weighted by Crippen LogP contribution is -2.19. The summed E-state index contributed by atoms with van der Waals surface area (Å²) in [4.78, 5) is 23.7. The molecule has 3 rings (SSSR count). The second-order valence-corrected chi connectivity index (χ2v) is 6.36. The van der Waals surface area contributed by atoms with Gasteiger partial charge in [-0.25, -0.2) is 4.79 Å². The molecule has 0 bridgehead atoms. The maximum absolute atomic E-state index is 12.4. The number of nitrogens with zero attached hydrogens (tertiary/aromatic N) is 1. The molecule has 0 saturated heterocycles. The summed E-state index contributed by atoms with van der Waals surface area (Å²) in [6, 6.07) is 3.49. The van der Waals surface area contributed by atoms with Crippen LogP contribution in [0.25, 0.3) is 10.9 Å². The minimum atomic E-state index is -1.22. The summed E-state index contributed by atoms with van der Waals surface area (Å²) < 4.78 is 7.67. The van der Waals surface area contributed by atoms with Gasteiger partial charge in [0.2, 0.25) is 5.43 Å². The predicted octanol–water partition coefficient (Wildman–Crippen LogP) is 3.87. The molecule has 122 valence electrons. The third-order valence-electron chi connectivity index (χ3n) is 4.16. The maximum atomic E-state index is 12.4. The smallest absolute Gasteiger partial charge is 0.341 e. The van der Waals surface area contributed by atoms with Crippen LogP contribution in [0.2, 0.25) is 5.02 Å². The summed E-state index contributed by atoms with van der Waals surface area (Å²) in [5.74, 6) is -0.701. The number of hydrogen-bond acceptors (Lipinski definition) is 3. The number of pyridine rings is 1. The van der Waals surface area contributed by atoms with E-state index in [4.69, 9.17) is 16.3 Å². The van der Waals surface area contributed by atoms with Gasteiger partial charge in [0, 0.05) is 23.7 Å². The molecule has 1 fully saturated rings. The number of benzene rings is 1. The quantitative estimate of drug-likeness (QED) is 0.900. The van der Waals surface area contributed by atoms with Crippen LogP contribution >= 0.6 is 11.6 Å². The molecule has 0 radical (unpaired) electrons. The molecule has 1 aliphatic rings. The Kier molecular flexibility index (Phi) is 4.06. The molecule has 1 aromatic carbocycles. The van der Waals surface area contributed by atoms with Gasteiger partial charge in [-0.1, -0.05) is 18.5 Å². The van der Waals surface area contributed by atoms with E-state index in [-0.39, 0.29) is 17.7 Å². The topological polar surface area (TPSA) is 68.5 Å². The SMILES string of the molecule is CCC(C)Oc1cc2c(cc1Cl)c(=O)c(C(=O)O)cn2C1CC1. The van der Waals surface area contributed by atoms with Gasteiger partial charge in [0.05, 0.1) is 16.6 Å². The summed E-state index contributed by atoms with van der Waals surface area (Å²) in [7, 11) is 0. The molecule has 1 saturated carbocycles. The molecular weight excluding hydrogens is 318 g/mol. The van der Waals surface area contributed by atoms with Crippen molar-refractivity contribution in [2.24, 2.45) is 0 Å². The molecule has 0 amide bonds. The molecule has 1 aromatic heterocycles. The Hall–Kier alpha value is -2.01. The second kappa shape index (κ2) is 5.89. The molecule has 2 aromatic rings. The standard InChI is InChI=1S/C17H18ClNO4/c1-3-9(2)23-15-7-14-11(6-13(15)18)16(20)12(17(21)22)8-19(14)10-4-5-10/h6-10H,3-5H2,1-2H3,(H,21,22). The van der Waals surface area contributed by atoms with Gasteiger partial charge in [-0.2, -0.15) is 0 Å². The van der Waals surface area contributed by atoms with Gasteiger partial charge in [0.25, 0.3) is 0 Å². The van der Waals surface area contributed by atoms with Crippen molar-refractivity contribution in [1.82, 2.24) is 4.57 Å². The van der Waals surface area contributed by atoms with Crippen LogP contribution in [-0.4, -0.2) is 21.7 Å². The zero-order valence-electron chi connectivity index (χ0n) is 13.0. The van der Waals surface area contributed by atoms with E-state index in [1.807, 2.05) is 18.4 Å². The number of carboxylic acids is 1. The number of carbonyl (C=O) groups is 1. The van der Waals surface area contributed by atoms with E-state index in [2.05, 4.69) is 0 Å². The molecule has 1 aliphatic carbocycles. The highest BCUT2D eigenvalue weighted by atomic mass is 35.5. The van der Waals surface area contributed by atoms with Crippen LogP contribution in [-0.2, 0) is 0 Å². The first-order valence-corrected chi connectivity index (χ1v) is 8.08. The fraction of sp³-hybridized carbons (Fsp3) is 0.412. The third kappa shape index (κ3) is 2.93. The van der Waals surface area contributed by atoms with Crippen LogP contribution in [0.1, 0.15) is 49.5 Å². The van der Waals surface area contributed by atoms with Crippen molar-refractivity contribution in [1.29, 1.82) is 0 Å². The van der Waals surface area contributed by atoms with Crippen molar-refractivity contribution in [3.63, 3.8) is 0 Å². The van der Waals surface area contributed by atoms with Gasteiger partial charge >= 0.3 is 5.97 Å². The van der Waals surface area contributed by atoms with Crippen molar-refractivity contribution in [3.8, 4) is 5.75 Å². The fourth-order valence-electron chi connectivity index (χ4n) is 2.55. The first-order valence-electron chi connectivity index (χ1n) is 7.70. The van der Waals surface area contributed by atoms with Crippen LogP contribution in [0.15, 0.2) is 23.1 Å². The first kappa shape index (κ1) is 15.9. The number of aromatic carboxylic acids is 1. The molecular formula is C17H18ClNO4. The average Bonchev–Trinajstić information content (AvgIpc) is 3.33. The number of carboxylic acid groups (broad SMARTS) is 1. The summed E-state index contributed by atoms with van der Waals surface area (Å²) in [5, 5.41) is 9.89. The van der Waals surface area contributed by atoms with Crippen molar-refractivity contribution >= 4 is 28.5 Å². The Balaban J connectivity index is 2.25. The Labute approximate surface area is 138 Å². The Morgan fingerprint density at radius 1 is 1.48 bits per heavy atom. The lowest BCUT2D eigenvalue weighted by molar-refractivity contribution is 0.0695. The van der Waals surface area contributed by atoms with E-state index in [1.165, 1.54) is 12.3 Å². The lowest BCUT2D eigenvalue weighted by atomic mass is 10.1. The number of rotatable bonds is 5. The van der Waals surface area contributed by atoms with Gasteiger partial charge in [-0.15, -0.1) is 0 Å². The van der Waals surface area contributed by atoms with Crippen LogP contribution in [0, 0.1) is 0 Å². The highest BCUT2D eigenvalue weighted by Gasteiger charge is 2.27. The van der Waals surface area contributed by atoms with Crippen LogP contribution in [0.3, 0.4) is 0 Å². The monoisotopic (exact) mass is 335 g/mol. The Morgan fingerprint density at radius 3 is 2.74 bits per heavy atom. The first-order chi connectivity index (χ1) is 10.9. The molecule has 1 N–H and O–H groups in total. The predicted molar refractivity (Wildman–Crippen MR) is 88.8 cm³/mol. The van der Waals surface area contributed by atoms with Gasteiger partial charge in [-0.3, -0.25) is 4.79 Å². The number of ether oxygens (including phenoxy) is 1. The molecule has 1 unspecified atom stereocenters. The molecule has 0 aliphatic heterocycles. The van der Waals surface area contributed by atoms with E-state index in [0.29, 0.717) is 21.7 Å². The zero-order valence-corrected chi connectivity index (χ0v) is 13.8. The molecule has 23 heavy (non-hydrogen) atoms. The highest BCUT2D eigenvalue weighted by Crippen LogP contribution is 2.39. The lowest BCUT2D eigenvalue weighted by Gasteiger charge is -2.17. The van der Waals surface area contributed by atoms with Crippen molar-refractivity contribution in [2.45, 2.75) is 45.3 Å². The second-order valence-electron chi connectivity index (χ2n) is 5.95. The minimum absolute atomic E-state index is 0.00402. The van der Waals surface area contributed by atoms with Crippen LogP contribution < -0.4 is 10.2 Å². The maximum Gasteiger partial charge on any atom is 0.341 e. The Bertz CT molecular complexity index is 839. The Morgan fingerprint density at radius 2 is 2.17 bits per heavy atom. The summed E-state index contributed by atoms with van der Waals surface area (Å²) in [6.07, 6.45) is 4.22. The number of aromatic nitrogens is 1. The molecule has 5 nitrogen and oxygen atoms in total. The van der Waals surface area contributed by atoms with Crippen molar-refractivity contribution in [2.75, 3.05) is 0 Å². The van der Waals surface area contributed by atoms with E-state index < -0.39 is 11.4 Å². The molecule has 6 heteroatoms. The number of halogens is 1. The molecule has 1 atom stereocenters. The van der Waals surface area contributed by atoms with E-state index in [9.17, 15) is 14.7 Å². The van der Waals surface area contributed by atoms with E-state index in [0.717, 1.165) is 19.3 Å². The van der Waals surface area contributed by atoms with Gasteiger partial charge in [-0.05, 0) is 32.3 Å². The van der Waals surface area contributed by atoms with Crippen molar-refractivity contribution < 1.29 is 14.6 Å². The molecule has 1 heterocycles. The average molecular weight is 336 g/mol. The van der Waals surface area contributed by atoms with Gasteiger partial charge in [0.15, 0.2) is 0 Å². The third-order valence-corrected chi connectivity index (χ3v) is 4.45. The van der Waals surface area contributed by atoms with Crippen LogP contribution in [0.4, 0.5) is 0 Å². The van der Waals surface area contributed by atoms with Crippen molar-refractivity contribution in [3.05, 3.63) is 39.1 Å². The largest absolute Gasteiger partial charge is 0.489 e. The van der Waals surface area contributed by atoms with Gasteiger partial charge in [0.1, 0.15) is 11.3 Å². The molecule has 0 spiro atoms. The number of fused-ring (bicyclic) bond motifs is 1. The normalized spacial score (nSPS) is 15.6. The fourth-order valence-corrected chi connectivity index (χ4v) is 2.76. The minimum Gasteiger partial charge on any atom is -0.489 e. The number of hydrogen-bond donors (Lipinski definition) is 1. The zero-order chi connectivity index (χ0) is 16.7. The summed E-state index contributed by atoms with van der Waals surface area (Å²) >= 11 is 6.24.